The lowest BCUT2D eigenvalue weighted by Crippen LogP contribution is -2.57. The van der Waals surface area contributed by atoms with E-state index in [-0.39, 0.29) is 11.1 Å². The fraction of sp³-hybridized carbons (Fsp3) is 0.625. The third kappa shape index (κ3) is 3.79. The average Bonchev–Trinajstić information content (AvgIpc) is 2.44. The standard InChI is InChI=1S/C16H20F6O3S/c1-9(2)11-7-6-8-12(10(3)4)13(11)25-26(23,24)16(21,22)15(19,20)14(5,17)18/h6-10H,1-5H3. The second kappa shape index (κ2) is 6.94. The van der Waals surface area contributed by atoms with Crippen LogP contribution in [0.5, 0.6) is 5.75 Å². The lowest BCUT2D eigenvalue weighted by molar-refractivity contribution is -0.272. The summed E-state index contributed by atoms with van der Waals surface area (Å²) in [5, 5.41) is -6.14. The van der Waals surface area contributed by atoms with Gasteiger partial charge in [-0.15, -0.1) is 0 Å². The molecule has 0 unspecified atom stereocenters. The molecular weight excluding hydrogens is 386 g/mol. The summed E-state index contributed by atoms with van der Waals surface area (Å²) in [6.45, 7) is 5.92. The van der Waals surface area contributed by atoms with Crippen LogP contribution in [0.25, 0.3) is 0 Å². The smallest absolute Gasteiger partial charge is 0.377 e. The maximum Gasteiger partial charge on any atom is 0.449 e. The molecule has 3 nitrogen and oxygen atoms in total. The summed E-state index contributed by atoms with van der Waals surface area (Å²) in [6, 6.07) is 4.29. The van der Waals surface area contributed by atoms with Crippen LogP contribution in [0.4, 0.5) is 26.3 Å². The van der Waals surface area contributed by atoms with Crippen LogP contribution in [0.2, 0.25) is 0 Å². The van der Waals surface area contributed by atoms with Gasteiger partial charge in [-0.3, -0.25) is 0 Å². The van der Waals surface area contributed by atoms with Crippen LogP contribution in [-0.4, -0.2) is 25.5 Å². The summed E-state index contributed by atoms with van der Waals surface area (Å²) in [6.07, 6.45) is 0. The molecule has 0 radical (unpaired) electrons. The van der Waals surface area contributed by atoms with Crippen molar-refractivity contribution in [3.8, 4) is 5.75 Å². The Hall–Kier alpha value is -1.45. The number of hydrogen-bond donors (Lipinski definition) is 0. The van der Waals surface area contributed by atoms with Gasteiger partial charge in [-0.05, 0) is 23.0 Å². The fourth-order valence-corrected chi connectivity index (χ4v) is 3.16. The predicted molar refractivity (Wildman–Crippen MR) is 84.7 cm³/mol. The van der Waals surface area contributed by atoms with Gasteiger partial charge >= 0.3 is 27.2 Å². The average molecular weight is 406 g/mol. The summed E-state index contributed by atoms with van der Waals surface area (Å²) in [7, 11) is -6.43. The number of para-hydroxylation sites is 1. The van der Waals surface area contributed by atoms with E-state index in [0.717, 1.165) is 0 Å². The molecule has 1 aromatic carbocycles. The zero-order valence-corrected chi connectivity index (χ0v) is 15.6. The molecule has 10 heteroatoms. The Bertz CT molecular complexity index is 725. The summed E-state index contributed by atoms with van der Waals surface area (Å²) in [5.74, 6) is -12.8. The normalized spacial score (nSPS) is 14.2. The molecular formula is C16H20F6O3S. The number of alkyl halides is 6. The van der Waals surface area contributed by atoms with Crippen LogP contribution in [0.15, 0.2) is 18.2 Å². The Morgan fingerprint density at radius 1 is 0.885 bits per heavy atom. The molecule has 150 valence electrons. The van der Waals surface area contributed by atoms with Crippen LogP contribution in [-0.2, 0) is 10.1 Å². The van der Waals surface area contributed by atoms with Crippen LogP contribution < -0.4 is 4.18 Å². The number of halogens is 6. The van der Waals surface area contributed by atoms with Crippen molar-refractivity contribution in [1.29, 1.82) is 0 Å². The minimum Gasteiger partial charge on any atom is -0.377 e. The van der Waals surface area contributed by atoms with Gasteiger partial charge in [0.05, 0.1) is 0 Å². The van der Waals surface area contributed by atoms with E-state index in [4.69, 9.17) is 0 Å². The van der Waals surface area contributed by atoms with Gasteiger partial charge in [-0.2, -0.15) is 34.8 Å². The number of rotatable bonds is 7. The molecule has 0 aliphatic rings. The molecule has 0 saturated carbocycles. The van der Waals surface area contributed by atoms with E-state index in [9.17, 15) is 34.8 Å². The van der Waals surface area contributed by atoms with Crippen molar-refractivity contribution >= 4 is 10.1 Å². The van der Waals surface area contributed by atoms with Crippen LogP contribution >= 0.6 is 0 Å². The quantitative estimate of drug-likeness (QED) is 0.442. The molecule has 0 aliphatic carbocycles. The zero-order valence-electron chi connectivity index (χ0n) is 14.8. The Kier molecular flexibility index (Phi) is 6.03. The molecule has 1 rings (SSSR count). The van der Waals surface area contributed by atoms with Crippen molar-refractivity contribution < 1.29 is 38.9 Å². The second-order valence-corrected chi connectivity index (χ2v) is 8.18. The molecule has 0 heterocycles. The predicted octanol–water partition coefficient (Wildman–Crippen LogP) is 5.53. The van der Waals surface area contributed by atoms with E-state index in [1.165, 1.54) is 18.2 Å². The fourth-order valence-electron chi connectivity index (χ4n) is 2.15. The van der Waals surface area contributed by atoms with Gasteiger partial charge in [-0.25, -0.2) is 0 Å². The zero-order chi connectivity index (χ0) is 20.7. The molecule has 0 N–H and O–H groups in total. The number of hydrogen-bond acceptors (Lipinski definition) is 3. The first kappa shape index (κ1) is 22.6. The van der Waals surface area contributed by atoms with Gasteiger partial charge in [-0.1, -0.05) is 45.9 Å². The van der Waals surface area contributed by atoms with E-state index < -0.39 is 51.7 Å². The molecule has 0 saturated heterocycles. The van der Waals surface area contributed by atoms with Crippen molar-refractivity contribution in [2.24, 2.45) is 0 Å². The second-order valence-electron chi connectivity index (χ2n) is 6.59. The van der Waals surface area contributed by atoms with Crippen molar-refractivity contribution in [2.75, 3.05) is 0 Å². The maximum atomic E-state index is 13.9. The third-order valence-electron chi connectivity index (χ3n) is 3.74. The van der Waals surface area contributed by atoms with E-state index in [1.54, 1.807) is 27.7 Å². The first-order valence-corrected chi connectivity index (χ1v) is 9.08. The largest absolute Gasteiger partial charge is 0.449 e. The molecule has 0 aromatic heterocycles. The maximum absolute atomic E-state index is 13.9. The molecule has 0 atom stereocenters. The highest BCUT2D eigenvalue weighted by molar-refractivity contribution is 7.88. The van der Waals surface area contributed by atoms with Gasteiger partial charge in [0, 0.05) is 6.92 Å². The highest BCUT2D eigenvalue weighted by Crippen LogP contribution is 2.49. The SMILES string of the molecule is CC(C)c1cccc(C(C)C)c1OS(=O)(=O)C(F)(F)C(F)(F)C(C)(F)F. The Morgan fingerprint density at radius 2 is 1.27 bits per heavy atom. The monoisotopic (exact) mass is 406 g/mol. The summed E-state index contributed by atoms with van der Waals surface area (Å²) in [5.41, 5.74) is 0.337. The first-order chi connectivity index (χ1) is 11.5. The van der Waals surface area contributed by atoms with Crippen molar-refractivity contribution in [2.45, 2.75) is 63.6 Å². The highest BCUT2D eigenvalue weighted by atomic mass is 32.2. The minimum atomic E-state index is -6.43. The molecule has 0 spiro atoms. The van der Waals surface area contributed by atoms with Crippen LogP contribution in [0.1, 0.15) is 57.6 Å². The summed E-state index contributed by atoms with van der Waals surface area (Å²) in [4.78, 5) is 0. The molecule has 26 heavy (non-hydrogen) atoms. The van der Waals surface area contributed by atoms with E-state index >= 15 is 0 Å². The van der Waals surface area contributed by atoms with E-state index in [0.29, 0.717) is 0 Å². The van der Waals surface area contributed by atoms with Gasteiger partial charge < -0.3 is 4.18 Å². The first-order valence-electron chi connectivity index (χ1n) is 7.67. The summed E-state index contributed by atoms with van der Waals surface area (Å²) < 4.78 is 109. The van der Waals surface area contributed by atoms with Crippen LogP contribution in [0.3, 0.4) is 0 Å². The van der Waals surface area contributed by atoms with Crippen molar-refractivity contribution in [1.82, 2.24) is 0 Å². The van der Waals surface area contributed by atoms with Gasteiger partial charge in [0.25, 0.3) is 0 Å². The van der Waals surface area contributed by atoms with Crippen molar-refractivity contribution in [3.05, 3.63) is 29.3 Å². The summed E-state index contributed by atoms with van der Waals surface area (Å²) >= 11 is 0. The van der Waals surface area contributed by atoms with Gasteiger partial charge in [0.1, 0.15) is 5.75 Å². The number of benzene rings is 1. The van der Waals surface area contributed by atoms with Gasteiger partial charge in [0.2, 0.25) is 0 Å². The third-order valence-corrected chi connectivity index (χ3v) is 5.01. The molecule has 0 bridgehead atoms. The Labute approximate surface area is 148 Å². The van der Waals surface area contributed by atoms with Crippen LogP contribution in [0, 0.1) is 0 Å². The minimum absolute atomic E-state index is 0.169. The molecule has 0 aliphatic heterocycles. The lowest BCUT2D eigenvalue weighted by atomic mass is 9.94. The Morgan fingerprint density at radius 3 is 1.58 bits per heavy atom. The van der Waals surface area contributed by atoms with E-state index in [2.05, 4.69) is 4.18 Å². The van der Waals surface area contributed by atoms with E-state index in [1.807, 2.05) is 0 Å². The molecule has 0 fully saturated rings. The van der Waals surface area contributed by atoms with Gasteiger partial charge in [0.15, 0.2) is 0 Å². The molecule has 0 amide bonds. The molecule has 1 aromatic rings. The Balaban J connectivity index is 3.56. The lowest BCUT2D eigenvalue weighted by Gasteiger charge is -2.30. The highest BCUT2D eigenvalue weighted by Gasteiger charge is 2.77. The topological polar surface area (TPSA) is 43.4 Å². The van der Waals surface area contributed by atoms with Crippen molar-refractivity contribution in [3.63, 3.8) is 0 Å².